The molecule has 0 aliphatic heterocycles. The maximum Gasteiger partial charge on any atom is 0.119 e. The van der Waals surface area contributed by atoms with Crippen molar-refractivity contribution in [2.75, 3.05) is 7.11 Å². The molecule has 2 aromatic heterocycles. The van der Waals surface area contributed by atoms with Crippen LogP contribution in [0.2, 0.25) is 0 Å². The average Bonchev–Trinajstić information content (AvgIpc) is 2.94. The molecule has 2 heterocycles. The lowest BCUT2D eigenvalue weighted by Crippen LogP contribution is -1.87. The molecule has 0 unspecified atom stereocenters. The van der Waals surface area contributed by atoms with Crippen molar-refractivity contribution in [1.29, 1.82) is 0 Å². The van der Waals surface area contributed by atoms with Crippen molar-refractivity contribution in [3.8, 4) is 5.75 Å². The third kappa shape index (κ3) is 2.72. The van der Waals surface area contributed by atoms with Crippen LogP contribution in [0.15, 0.2) is 47.1 Å². The summed E-state index contributed by atoms with van der Waals surface area (Å²) in [6.45, 7) is 0. The Bertz CT molecular complexity index is 696. The fraction of sp³-hybridized carbons (Fsp3) is 0.143. The number of fused-ring (bicyclic) bond motifs is 1. The first-order chi connectivity index (χ1) is 9.36. The van der Waals surface area contributed by atoms with Gasteiger partial charge in [-0.15, -0.1) is 23.1 Å². The molecule has 0 amide bonds. The van der Waals surface area contributed by atoms with E-state index in [0.29, 0.717) is 0 Å². The van der Waals surface area contributed by atoms with Gasteiger partial charge in [-0.25, -0.2) is 9.97 Å². The van der Waals surface area contributed by atoms with Crippen LogP contribution in [0.1, 0.15) is 5.56 Å². The molecule has 0 N–H and O–H groups in total. The summed E-state index contributed by atoms with van der Waals surface area (Å²) in [4.78, 5) is 8.62. The molecule has 3 aromatic rings. The van der Waals surface area contributed by atoms with Crippen LogP contribution in [0.25, 0.3) is 10.2 Å². The van der Waals surface area contributed by atoms with Gasteiger partial charge in [0.05, 0.1) is 17.3 Å². The number of benzene rings is 1. The highest BCUT2D eigenvalue weighted by atomic mass is 32.2. The van der Waals surface area contributed by atoms with E-state index >= 15 is 0 Å². The van der Waals surface area contributed by atoms with Gasteiger partial charge in [0.1, 0.15) is 17.1 Å². The molecule has 0 fully saturated rings. The van der Waals surface area contributed by atoms with E-state index in [2.05, 4.69) is 27.5 Å². The number of ether oxygens (including phenoxy) is 1. The van der Waals surface area contributed by atoms with Gasteiger partial charge in [-0.05, 0) is 29.1 Å². The zero-order chi connectivity index (χ0) is 13.1. The second kappa shape index (κ2) is 5.59. The molecule has 1 aromatic carbocycles. The van der Waals surface area contributed by atoms with Crippen molar-refractivity contribution < 1.29 is 4.74 Å². The minimum absolute atomic E-state index is 0.876. The van der Waals surface area contributed by atoms with Crippen LogP contribution >= 0.6 is 23.1 Å². The highest BCUT2D eigenvalue weighted by Crippen LogP contribution is 2.31. The molecule has 0 atom stereocenters. The van der Waals surface area contributed by atoms with Crippen LogP contribution in [0, 0.1) is 0 Å². The third-order valence-corrected chi connectivity index (χ3v) is 4.82. The maximum absolute atomic E-state index is 5.23. The first-order valence-corrected chi connectivity index (χ1v) is 7.67. The molecule has 96 valence electrons. The molecular formula is C14H12N2OS2. The van der Waals surface area contributed by atoms with Gasteiger partial charge >= 0.3 is 0 Å². The number of thiophene rings is 1. The van der Waals surface area contributed by atoms with E-state index in [1.165, 1.54) is 5.56 Å². The van der Waals surface area contributed by atoms with Crippen molar-refractivity contribution in [3.05, 3.63) is 47.6 Å². The summed E-state index contributed by atoms with van der Waals surface area (Å²) >= 11 is 3.42. The van der Waals surface area contributed by atoms with Gasteiger partial charge in [-0.3, -0.25) is 0 Å². The summed E-state index contributed by atoms with van der Waals surface area (Å²) in [5.74, 6) is 1.77. The van der Waals surface area contributed by atoms with Gasteiger partial charge < -0.3 is 4.74 Å². The SMILES string of the molecule is COc1cccc(CSc2ncnc3ccsc23)c1. The molecule has 0 saturated heterocycles. The maximum atomic E-state index is 5.23. The second-order valence-electron chi connectivity index (χ2n) is 3.95. The molecule has 3 nitrogen and oxygen atoms in total. The topological polar surface area (TPSA) is 35.0 Å². The molecule has 0 saturated carbocycles. The number of thioether (sulfide) groups is 1. The quantitative estimate of drug-likeness (QED) is 0.537. The highest BCUT2D eigenvalue weighted by molar-refractivity contribution is 7.98. The normalized spacial score (nSPS) is 10.8. The molecule has 0 radical (unpaired) electrons. The van der Waals surface area contributed by atoms with E-state index in [0.717, 1.165) is 26.7 Å². The number of hydrogen-bond donors (Lipinski definition) is 0. The zero-order valence-electron chi connectivity index (χ0n) is 10.4. The predicted molar refractivity (Wildman–Crippen MR) is 80.0 cm³/mol. The Morgan fingerprint density at radius 3 is 3.11 bits per heavy atom. The number of nitrogens with zero attached hydrogens (tertiary/aromatic N) is 2. The van der Waals surface area contributed by atoms with Gasteiger partial charge in [0, 0.05) is 5.75 Å². The van der Waals surface area contributed by atoms with Crippen molar-refractivity contribution in [2.45, 2.75) is 10.8 Å². The lowest BCUT2D eigenvalue weighted by molar-refractivity contribution is 0.414. The number of rotatable bonds is 4. The largest absolute Gasteiger partial charge is 0.497 e. The second-order valence-corrected chi connectivity index (χ2v) is 5.83. The van der Waals surface area contributed by atoms with Crippen LogP contribution in [-0.4, -0.2) is 17.1 Å². The van der Waals surface area contributed by atoms with E-state index in [1.807, 2.05) is 18.2 Å². The van der Waals surface area contributed by atoms with Gasteiger partial charge in [0.15, 0.2) is 0 Å². The van der Waals surface area contributed by atoms with Gasteiger partial charge in [-0.2, -0.15) is 0 Å². The molecule has 0 bridgehead atoms. The van der Waals surface area contributed by atoms with Gasteiger partial charge in [0.25, 0.3) is 0 Å². The van der Waals surface area contributed by atoms with E-state index in [-0.39, 0.29) is 0 Å². The predicted octanol–water partition coefficient (Wildman–Crippen LogP) is 3.99. The van der Waals surface area contributed by atoms with Gasteiger partial charge in [0.2, 0.25) is 0 Å². The Hall–Kier alpha value is -1.59. The minimum atomic E-state index is 0.876. The summed E-state index contributed by atoms with van der Waals surface area (Å²) in [5.41, 5.74) is 2.25. The fourth-order valence-electron chi connectivity index (χ4n) is 1.78. The Kier molecular flexibility index (Phi) is 3.66. The molecule has 0 spiro atoms. The number of hydrogen-bond acceptors (Lipinski definition) is 5. The molecule has 0 aliphatic carbocycles. The molecular weight excluding hydrogens is 276 g/mol. The lowest BCUT2D eigenvalue weighted by Gasteiger charge is -2.04. The summed E-state index contributed by atoms with van der Waals surface area (Å²) in [6.07, 6.45) is 1.63. The summed E-state index contributed by atoms with van der Waals surface area (Å²) in [6, 6.07) is 10.1. The Morgan fingerprint density at radius 1 is 1.26 bits per heavy atom. The van der Waals surface area contributed by atoms with Crippen LogP contribution in [0.5, 0.6) is 5.75 Å². The molecule has 19 heavy (non-hydrogen) atoms. The summed E-state index contributed by atoms with van der Waals surface area (Å²) in [7, 11) is 1.69. The Morgan fingerprint density at radius 2 is 2.21 bits per heavy atom. The van der Waals surface area contributed by atoms with Crippen LogP contribution in [0.4, 0.5) is 0 Å². The Balaban J connectivity index is 1.80. The molecule has 0 aliphatic rings. The first kappa shape index (κ1) is 12.4. The van der Waals surface area contributed by atoms with Crippen molar-refractivity contribution in [3.63, 3.8) is 0 Å². The van der Waals surface area contributed by atoms with E-state index in [4.69, 9.17) is 4.74 Å². The van der Waals surface area contributed by atoms with E-state index in [1.54, 1.807) is 36.5 Å². The van der Waals surface area contributed by atoms with E-state index < -0.39 is 0 Å². The zero-order valence-corrected chi connectivity index (χ0v) is 12.0. The van der Waals surface area contributed by atoms with Crippen LogP contribution in [-0.2, 0) is 5.75 Å². The van der Waals surface area contributed by atoms with Crippen molar-refractivity contribution >= 4 is 33.3 Å². The monoisotopic (exact) mass is 288 g/mol. The number of aromatic nitrogens is 2. The summed E-state index contributed by atoms with van der Waals surface area (Å²) in [5, 5.41) is 3.09. The van der Waals surface area contributed by atoms with Gasteiger partial charge in [-0.1, -0.05) is 12.1 Å². The number of methoxy groups -OCH3 is 1. The van der Waals surface area contributed by atoms with Crippen molar-refractivity contribution in [1.82, 2.24) is 9.97 Å². The van der Waals surface area contributed by atoms with Crippen molar-refractivity contribution in [2.24, 2.45) is 0 Å². The van der Waals surface area contributed by atoms with Crippen LogP contribution in [0.3, 0.4) is 0 Å². The average molecular weight is 288 g/mol. The standard InChI is InChI=1S/C14H12N2OS2/c1-17-11-4-2-3-10(7-11)8-19-14-13-12(5-6-18-13)15-9-16-14/h2-7,9H,8H2,1H3. The molecule has 5 heteroatoms. The van der Waals surface area contributed by atoms with Crippen LogP contribution < -0.4 is 4.74 Å². The highest BCUT2D eigenvalue weighted by Gasteiger charge is 2.06. The summed E-state index contributed by atoms with van der Waals surface area (Å²) < 4.78 is 6.39. The Labute approximate surface area is 119 Å². The fourth-order valence-corrected chi connectivity index (χ4v) is 3.67. The smallest absolute Gasteiger partial charge is 0.119 e. The first-order valence-electron chi connectivity index (χ1n) is 5.81. The minimum Gasteiger partial charge on any atom is -0.497 e. The third-order valence-electron chi connectivity index (χ3n) is 2.72. The molecule has 3 rings (SSSR count). The van der Waals surface area contributed by atoms with E-state index in [9.17, 15) is 0 Å². The lowest BCUT2D eigenvalue weighted by atomic mass is 10.2.